The van der Waals surface area contributed by atoms with Crippen molar-refractivity contribution < 1.29 is 0 Å². The van der Waals surface area contributed by atoms with Crippen molar-refractivity contribution in [2.45, 2.75) is 12.8 Å². The number of benzene rings is 3. The van der Waals surface area contributed by atoms with Crippen LogP contribution in [0.3, 0.4) is 0 Å². The highest BCUT2D eigenvalue weighted by molar-refractivity contribution is 5.98. The molecule has 1 heteroatoms. The van der Waals surface area contributed by atoms with Crippen LogP contribution in [0.15, 0.2) is 60.7 Å². The van der Waals surface area contributed by atoms with Gasteiger partial charge in [0, 0.05) is 22.9 Å². The highest BCUT2D eigenvalue weighted by atomic mass is 14.7. The molecule has 1 nitrogen and oxygen atoms in total. The summed E-state index contributed by atoms with van der Waals surface area (Å²) in [5.74, 6) is 0. The van der Waals surface area contributed by atoms with E-state index in [1.54, 1.807) is 0 Å². The first-order chi connectivity index (χ1) is 11.4. The molecule has 23 heavy (non-hydrogen) atoms. The Morgan fingerprint density at radius 2 is 1.39 bits per heavy atom. The zero-order chi connectivity index (χ0) is 15.0. The molecule has 6 rings (SSSR count). The molecule has 108 valence electrons. The van der Waals surface area contributed by atoms with E-state index in [1.165, 1.54) is 55.5 Å². The van der Waals surface area contributed by atoms with E-state index in [9.17, 15) is 0 Å². The van der Waals surface area contributed by atoms with E-state index in [0.29, 0.717) is 0 Å². The normalized spacial score (nSPS) is 13.7. The van der Waals surface area contributed by atoms with E-state index in [4.69, 9.17) is 0 Å². The second kappa shape index (κ2) is 3.94. The first kappa shape index (κ1) is 11.7. The minimum atomic E-state index is 1.05. The maximum Gasteiger partial charge on any atom is 0.0503 e. The average Bonchev–Trinajstić information content (AvgIpc) is 3.22. The molecule has 1 heterocycles. The molecule has 0 radical (unpaired) electrons. The van der Waals surface area contributed by atoms with Crippen molar-refractivity contribution in [3.05, 3.63) is 82.9 Å². The fraction of sp³-hybridized carbons (Fsp3) is 0.0909. The predicted octanol–water partition coefficient (Wildman–Crippen LogP) is 5.31. The SMILES string of the molecule is c1ccc2c(c1)Cc1cc3[nH]c4c(c3cc1-2)Cc1ccccc1-4. The lowest BCUT2D eigenvalue weighted by Crippen LogP contribution is -1.84. The van der Waals surface area contributed by atoms with E-state index < -0.39 is 0 Å². The third-order valence-electron chi connectivity index (χ3n) is 5.47. The fourth-order valence-electron chi connectivity index (χ4n) is 4.40. The minimum Gasteiger partial charge on any atom is -0.354 e. The van der Waals surface area contributed by atoms with Crippen molar-refractivity contribution >= 4 is 10.9 Å². The molecule has 3 aromatic carbocycles. The molecule has 4 aromatic rings. The van der Waals surface area contributed by atoms with Gasteiger partial charge in [-0.2, -0.15) is 0 Å². The average molecular weight is 293 g/mol. The number of H-pyrrole nitrogens is 1. The van der Waals surface area contributed by atoms with Crippen molar-refractivity contribution in [2.75, 3.05) is 0 Å². The Hall–Kier alpha value is -2.80. The second-order valence-electron chi connectivity index (χ2n) is 6.70. The first-order valence-electron chi connectivity index (χ1n) is 8.22. The van der Waals surface area contributed by atoms with Crippen LogP contribution in [-0.2, 0) is 12.8 Å². The van der Waals surface area contributed by atoms with Crippen molar-refractivity contribution in [3.8, 4) is 22.4 Å². The summed E-state index contributed by atoms with van der Waals surface area (Å²) in [5.41, 5.74) is 12.6. The number of hydrogen-bond acceptors (Lipinski definition) is 0. The Morgan fingerprint density at radius 1 is 0.652 bits per heavy atom. The smallest absolute Gasteiger partial charge is 0.0503 e. The lowest BCUT2D eigenvalue weighted by molar-refractivity contribution is 1.26. The second-order valence-corrected chi connectivity index (χ2v) is 6.70. The summed E-state index contributed by atoms with van der Waals surface area (Å²) < 4.78 is 0. The molecule has 1 aromatic heterocycles. The van der Waals surface area contributed by atoms with E-state index in [1.807, 2.05) is 0 Å². The molecule has 0 bridgehead atoms. The molecule has 1 N–H and O–H groups in total. The molecule has 0 spiro atoms. The van der Waals surface area contributed by atoms with Gasteiger partial charge in [0.2, 0.25) is 0 Å². The molecular formula is C22H15N. The number of rotatable bonds is 0. The molecule has 2 aliphatic carbocycles. The number of hydrogen-bond donors (Lipinski definition) is 1. The standard InChI is InChI=1S/C22H15N/c1-3-7-16-13(5-1)9-15-11-21-19(12-18(15)16)20-10-14-6-2-4-8-17(14)22(20)23-21/h1-8,11-12,23H,9-10H2. The number of aromatic nitrogens is 1. The van der Waals surface area contributed by atoms with Crippen LogP contribution in [0.5, 0.6) is 0 Å². The molecule has 0 saturated carbocycles. The minimum absolute atomic E-state index is 1.05. The summed E-state index contributed by atoms with van der Waals surface area (Å²) in [5, 5.41) is 1.40. The Kier molecular flexibility index (Phi) is 2.01. The molecule has 0 amide bonds. The quantitative estimate of drug-likeness (QED) is 0.390. The summed E-state index contributed by atoms with van der Waals surface area (Å²) in [6.45, 7) is 0. The fourth-order valence-corrected chi connectivity index (χ4v) is 4.40. The summed E-state index contributed by atoms with van der Waals surface area (Å²) >= 11 is 0. The van der Waals surface area contributed by atoms with E-state index in [0.717, 1.165) is 12.8 Å². The van der Waals surface area contributed by atoms with E-state index in [-0.39, 0.29) is 0 Å². The van der Waals surface area contributed by atoms with Gasteiger partial charge in [0.05, 0.1) is 5.69 Å². The van der Waals surface area contributed by atoms with E-state index >= 15 is 0 Å². The van der Waals surface area contributed by atoms with Gasteiger partial charge in [0.25, 0.3) is 0 Å². The van der Waals surface area contributed by atoms with Crippen molar-refractivity contribution in [1.82, 2.24) is 4.98 Å². The van der Waals surface area contributed by atoms with Crippen LogP contribution in [0.25, 0.3) is 33.3 Å². The Morgan fingerprint density at radius 3 is 2.26 bits per heavy atom. The lowest BCUT2D eigenvalue weighted by atomic mass is 10.0. The van der Waals surface area contributed by atoms with Crippen LogP contribution < -0.4 is 0 Å². The maximum atomic E-state index is 3.69. The third-order valence-corrected chi connectivity index (χ3v) is 5.47. The molecule has 2 aliphatic rings. The van der Waals surface area contributed by atoms with E-state index in [2.05, 4.69) is 65.6 Å². The van der Waals surface area contributed by atoms with Crippen LogP contribution >= 0.6 is 0 Å². The highest BCUT2D eigenvalue weighted by Crippen LogP contribution is 2.44. The largest absolute Gasteiger partial charge is 0.354 e. The van der Waals surface area contributed by atoms with Gasteiger partial charge < -0.3 is 4.98 Å². The summed E-state index contributed by atoms with van der Waals surface area (Å²) in [6.07, 6.45) is 2.10. The van der Waals surface area contributed by atoms with Crippen molar-refractivity contribution in [1.29, 1.82) is 0 Å². The number of fused-ring (bicyclic) bond motifs is 8. The van der Waals surface area contributed by atoms with Crippen LogP contribution in [0.1, 0.15) is 22.3 Å². The third kappa shape index (κ3) is 1.42. The first-order valence-corrected chi connectivity index (χ1v) is 8.22. The Balaban J connectivity index is 1.65. The van der Waals surface area contributed by atoms with Crippen LogP contribution in [0.2, 0.25) is 0 Å². The van der Waals surface area contributed by atoms with Crippen LogP contribution in [-0.4, -0.2) is 4.98 Å². The molecule has 0 unspecified atom stereocenters. The predicted molar refractivity (Wildman–Crippen MR) is 94.8 cm³/mol. The molecule has 0 fully saturated rings. The zero-order valence-corrected chi connectivity index (χ0v) is 12.7. The zero-order valence-electron chi connectivity index (χ0n) is 12.7. The van der Waals surface area contributed by atoms with Crippen molar-refractivity contribution in [2.24, 2.45) is 0 Å². The van der Waals surface area contributed by atoms with Gasteiger partial charge in [0.1, 0.15) is 0 Å². The Labute approximate surface area is 134 Å². The van der Waals surface area contributed by atoms with Gasteiger partial charge in [-0.1, -0.05) is 48.5 Å². The summed E-state index contributed by atoms with van der Waals surface area (Å²) in [4.78, 5) is 3.69. The van der Waals surface area contributed by atoms with Gasteiger partial charge in [-0.3, -0.25) is 0 Å². The maximum absolute atomic E-state index is 3.69. The van der Waals surface area contributed by atoms with Crippen molar-refractivity contribution in [3.63, 3.8) is 0 Å². The van der Waals surface area contributed by atoms with Crippen LogP contribution in [0.4, 0.5) is 0 Å². The van der Waals surface area contributed by atoms with Gasteiger partial charge in [-0.05, 0) is 51.9 Å². The summed E-state index contributed by atoms with van der Waals surface area (Å²) in [7, 11) is 0. The topological polar surface area (TPSA) is 15.8 Å². The van der Waals surface area contributed by atoms with Gasteiger partial charge in [-0.25, -0.2) is 0 Å². The van der Waals surface area contributed by atoms with Gasteiger partial charge in [0.15, 0.2) is 0 Å². The van der Waals surface area contributed by atoms with Gasteiger partial charge in [-0.15, -0.1) is 0 Å². The number of nitrogens with one attached hydrogen (secondary N) is 1. The molecule has 0 aliphatic heterocycles. The summed E-state index contributed by atoms with van der Waals surface area (Å²) in [6, 6.07) is 22.3. The van der Waals surface area contributed by atoms with Crippen LogP contribution in [0, 0.1) is 0 Å². The monoisotopic (exact) mass is 293 g/mol. The number of aromatic amines is 1. The molecule has 0 saturated heterocycles. The Bertz CT molecular complexity index is 1110. The lowest BCUT2D eigenvalue weighted by Gasteiger charge is -2.03. The highest BCUT2D eigenvalue weighted by Gasteiger charge is 2.25. The molecular weight excluding hydrogens is 278 g/mol. The molecule has 0 atom stereocenters. The van der Waals surface area contributed by atoms with Gasteiger partial charge >= 0.3 is 0 Å².